The molecule has 0 spiro atoms. The fourth-order valence-corrected chi connectivity index (χ4v) is 2.05. The zero-order valence-corrected chi connectivity index (χ0v) is 9.25. The lowest BCUT2D eigenvalue weighted by molar-refractivity contribution is 0.0694. The Kier molecular flexibility index (Phi) is 3.00. The van der Waals surface area contributed by atoms with Gasteiger partial charge in [0.05, 0.1) is 17.1 Å². The van der Waals surface area contributed by atoms with E-state index in [-0.39, 0.29) is 21.5 Å². The molecule has 0 saturated carbocycles. The lowest BCUT2D eigenvalue weighted by atomic mass is 10.1. The first-order valence-corrected chi connectivity index (χ1v) is 4.57. The molecule has 0 atom stereocenters. The number of carbonyl (C=O) groups is 1. The first kappa shape index (κ1) is 10.8. The maximum Gasteiger partial charge on any atom is 0.337 e. The van der Waals surface area contributed by atoms with Gasteiger partial charge in [0.1, 0.15) is 0 Å². The second-order valence-corrected chi connectivity index (χ2v) is 3.53. The van der Waals surface area contributed by atoms with E-state index >= 15 is 0 Å². The van der Waals surface area contributed by atoms with Gasteiger partial charge in [0.2, 0.25) is 0 Å². The Morgan fingerprint density at radius 2 is 2.14 bits per heavy atom. The van der Waals surface area contributed by atoms with Crippen LogP contribution in [0.5, 0.6) is 11.5 Å². The first-order chi connectivity index (χ1) is 6.49. The summed E-state index contributed by atoms with van der Waals surface area (Å²) in [6, 6.07) is 1.35. The Hall–Kier alpha value is -1.23. The minimum absolute atomic E-state index is 0.0816. The molecule has 1 aromatic carbocycles. The zero-order chi connectivity index (χ0) is 10.9. The number of phenols is 1. The summed E-state index contributed by atoms with van der Waals surface area (Å²) >= 11 is 3.08. The van der Waals surface area contributed by atoms with Gasteiger partial charge in [0, 0.05) is 0 Å². The van der Waals surface area contributed by atoms with Crippen LogP contribution >= 0.6 is 15.9 Å². The van der Waals surface area contributed by atoms with Gasteiger partial charge in [0.15, 0.2) is 11.5 Å². The van der Waals surface area contributed by atoms with Gasteiger partial charge >= 0.3 is 5.97 Å². The molecule has 0 aliphatic heterocycles. The van der Waals surface area contributed by atoms with Gasteiger partial charge in [-0.2, -0.15) is 0 Å². The lowest BCUT2D eigenvalue weighted by Gasteiger charge is -2.10. The van der Waals surface area contributed by atoms with E-state index in [9.17, 15) is 9.90 Å². The van der Waals surface area contributed by atoms with E-state index < -0.39 is 5.97 Å². The normalized spacial score (nSPS) is 9.93. The van der Waals surface area contributed by atoms with Crippen LogP contribution in [0.2, 0.25) is 0 Å². The highest BCUT2D eigenvalue weighted by Gasteiger charge is 2.19. The molecule has 0 aromatic heterocycles. The van der Waals surface area contributed by atoms with Gasteiger partial charge < -0.3 is 14.9 Å². The predicted molar refractivity (Wildman–Crippen MR) is 54.1 cm³/mol. The molecule has 0 aliphatic rings. The predicted octanol–water partition coefficient (Wildman–Crippen LogP) is 2.17. The van der Waals surface area contributed by atoms with Crippen LogP contribution in [-0.2, 0) is 0 Å². The molecule has 0 unspecified atom stereocenters. The van der Waals surface area contributed by atoms with Crippen LogP contribution in [0.25, 0.3) is 0 Å². The first-order valence-electron chi connectivity index (χ1n) is 3.78. The lowest BCUT2D eigenvalue weighted by Crippen LogP contribution is -2.02. The summed E-state index contributed by atoms with van der Waals surface area (Å²) in [5, 5.41) is 18.3. The van der Waals surface area contributed by atoms with E-state index in [1.54, 1.807) is 6.92 Å². The van der Waals surface area contributed by atoms with Crippen molar-refractivity contribution in [1.29, 1.82) is 0 Å². The number of hydrogen-bond acceptors (Lipinski definition) is 3. The number of rotatable bonds is 2. The molecule has 1 aromatic rings. The van der Waals surface area contributed by atoms with E-state index in [2.05, 4.69) is 15.9 Å². The maximum atomic E-state index is 10.9. The summed E-state index contributed by atoms with van der Waals surface area (Å²) in [6.07, 6.45) is 0. The molecule has 0 aliphatic carbocycles. The molecule has 4 nitrogen and oxygen atoms in total. The summed E-state index contributed by atoms with van der Waals surface area (Å²) in [4.78, 5) is 10.9. The Balaban J connectivity index is 3.52. The van der Waals surface area contributed by atoms with Crippen molar-refractivity contribution in [2.75, 3.05) is 7.11 Å². The highest BCUT2D eigenvalue weighted by Crippen LogP contribution is 2.38. The van der Waals surface area contributed by atoms with Crippen LogP contribution in [0.4, 0.5) is 0 Å². The number of hydrogen-bond donors (Lipinski definition) is 2. The van der Waals surface area contributed by atoms with Crippen LogP contribution in [0.15, 0.2) is 10.5 Å². The smallest absolute Gasteiger partial charge is 0.337 e. The van der Waals surface area contributed by atoms with Gasteiger partial charge in [-0.1, -0.05) is 0 Å². The Labute approximate surface area is 89.3 Å². The van der Waals surface area contributed by atoms with Crippen molar-refractivity contribution < 1.29 is 19.7 Å². The zero-order valence-electron chi connectivity index (χ0n) is 7.67. The largest absolute Gasteiger partial charge is 0.504 e. The summed E-state index contributed by atoms with van der Waals surface area (Å²) in [6.45, 7) is 1.60. The number of carboxylic acid groups (broad SMARTS) is 1. The number of ether oxygens (including phenoxy) is 1. The van der Waals surface area contributed by atoms with E-state index in [1.165, 1.54) is 13.2 Å². The van der Waals surface area contributed by atoms with Crippen LogP contribution in [-0.4, -0.2) is 23.3 Å². The Morgan fingerprint density at radius 1 is 1.57 bits per heavy atom. The monoisotopic (exact) mass is 260 g/mol. The molecule has 0 bridgehead atoms. The molecule has 0 amide bonds. The number of aromatic hydroxyl groups is 1. The number of carboxylic acids is 1. The van der Waals surface area contributed by atoms with Crippen LogP contribution in [0, 0.1) is 6.92 Å². The number of aryl methyl sites for hydroxylation is 1. The molecular weight excluding hydrogens is 252 g/mol. The third-order valence-electron chi connectivity index (χ3n) is 1.82. The highest BCUT2D eigenvalue weighted by molar-refractivity contribution is 9.10. The Morgan fingerprint density at radius 3 is 2.57 bits per heavy atom. The average molecular weight is 261 g/mol. The number of aromatic carboxylic acids is 1. The van der Waals surface area contributed by atoms with Crippen molar-refractivity contribution >= 4 is 21.9 Å². The van der Waals surface area contributed by atoms with Gasteiger partial charge in [-0.25, -0.2) is 4.79 Å². The molecule has 14 heavy (non-hydrogen) atoms. The van der Waals surface area contributed by atoms with Gasteiger partial charge in [-0.15, -0.1) is 0 Å². The third kappa shape index (κ3) is 1.68. The molecule has 76 valence electrons. The van der Waals surface area contributed by atoms with Gasteiger partial charge in [-0.05, 0) is 34.5 Å². The second kappa shape index (κ2) is 3.88. The van der Waals surface area contributed by atoms with Crippen molar-refractivity contribution in [2.45, 2.75) is 6.92 Å². The van der Waals surface area contributed by atoms with Gasteiger partial charge in [0.25, 0.3) is 0 Å². The fraction of sp³-hybridized carbons (Fsp3) is 0.222. The third-order valence-corrected chi connectivity index (χ3v) is 2.57. The summed E-state index contributed by atoms with van der Waals surface area (Å²) in [7, 11) is 1.36. The minimum atomic E-state index is -1.06. The maximum absolute atomic E-state index is 10.9. The molecule has 2 N–H and O–H groups in total. The van der Waals surface area contributed by atoms with E-state index in [0.717, 1.165) is 0 Å². The van der Waals surface area contributed by atoms with Crippen molar-refractivity contribution in [2.24, 2.45) is 0 Å². The standard InChI is InChI=1S/C9H9BrO4/c1-4-3-5(11)8(14-2)7(10)6(4)9(12)13/h3,11H,1-2H3,(H,12,13). The summed E-state index contributed by atoms with van der Waals surface area (Å²) < 4.78 is 5.12. The topological polar surface area (TPSA) is 66.8 Å². The van der Waals surface area contributed by atoms with E-state index in [0.29, 0.717) is 5.56 Å². The van der Waals surface area contributed by atoms with E-state index in [4.69, 9.17) is 9.84 Å². The summed E-state index contributed by atoms with van der Waals surface area (Å²) in [5.74, 6) is -1.01. The van der Waals surface area contributed by atoms with Crippen molar-refractivity contribution in [3.63, 3.8) is 0 Å². The number of benzene rings is 1. The molecule has 0 fully saturated rings. The minimum Gasteiger partial charge on any atom is -0.504 e. The molecule has 0 heterocycles. The second-order valence-electron chi connectivity index (χ2n) is 2.74. The molecule has 1 rings (SSSR count). The SMILES string of the molecule is COc1c(O)cc(C)c(C(=O)O)c1Br. The molecular formula is C9H9BrO4. The number of methoxy groups -OCH3 is 1. The van der Waals surface area contributed by atoms with Crippen molar-refractivity contribution in [3.8, 4) is 11.5 Å². The molecule has 0 saturated heterocycles. The van der Waals surface area contributed by atoms with Crippen molar-refractivity contribution in [1.82, 2.24) is 0 Å². The molecule has 0 radical (unpaired) electrons. The summed E-state index contributed by atoms with van der Waals surface area (Å²) in [5.41, 5.74) is 0.572. The fourth-order valence-electron chi connectivity index (χ4n) is 1.20. The average Bonchev–Trinajstić information content (AvgIpc) is 2.02. The number of phenolic OH excluding ortho intramolecular Hbond substituents is 1. The highest BCUT2D eigenvalue weighted by atomic mass is 79.9. The van der Waals surface area contributed by atoms with Crippen LogP contribution in [0.3, 0.4) is 0 Å². The quantitative estimate of drug-likeness (QED) is 0.856. The van der Waals surface area contributed by atoms with Crippen LogP contribution in [0.1, 0.15) is 15.9 Å². The van der Waals surface area contributed by atoms with E-state index in [1.807, 2.05) is 0 Å². The van der Waals surface area contributed by atoms with Crippen molar-refractivity contribution in [3.05, 3.63) is 21.7 Å². The number of halogens is 1. The van der Waals surface area contributed by atoms with Crippen LogP contribution < -0.4 is 4.74 Å². The molecule has 5 heteroatoms. The van der Waals surface area contributed by atoms with Gasteiger partial charge in [-0.3, -0.25) is 0 Å². The Bertz CT molecular complexity index is 387.